The van der Waals surface area contributed by atoms with Gasteiger partial charge in [0.2, 0.25) is 0 Å². The number of imide groups is 2. The number of carboxylic acids is 1. The Labute approximate surface area is 195 Å². The first-order valence-electron chi connectivity index (χ1n) is 10.6. The monoisotopic (exact) mass is 468 g/mol. The standard InChI is InChI=1S/C24H24N2O8/c1-4-32-17-9-7-16(8-10-17)26-22(28)18(21(27)25-24(26)31)12-15-6-11-19(20(13-15)33-5-2)34-14(3)23(29)30/h6-14H,4-5H2,1-3H3,(H,29,30)(H,25,27,31)/b18-12+/t14-/m0/s1. The van der Waals surface area contributed by atoms with Crippen molar-refractivity contribution < 1.29 is 38.5 Å². The molecule has 0 bridgehead atoms. The summed E-state index contributed by atoms with van der Waals surface area (Å²) in [4.78, 5) is 49.9. The molecule has 2 aromatic rings. The van der Waals surface area contributed by atoms with Crippen LogP contribution in [0.5, 0.6) is 17.2 Å². The molecule has 10 nitrogen and oxygen atoms in total. The number of carbonyl (C=O) groups excluding carboxylic acids is 3. The quantitative estimate of drug-likeness (QED) is 0.424. The second-order valence-electron chi connectivity index (χ2n) is 7.12. The van der Waals surface area contributed by atoms with Gasteiger partial charge in [0.05, 0.1) is 18.9 Å². The zero-order valence-corrected chi connectivity index (χ0v) is 18.9. The minimum absolute atomic E-state index is 0.199. The van der Waals surface area contributed by atoms with Crippen molar-refractivity contribution in [3.8, 4) is 17.2 Å². The van der Waals surface area contributed by atoms with Crippen LogP contribution in [0, 0.1) is 0 Å². The maximum absolute atomic E-state index is 13.1. The summed E-state index contributed by atoms with van der Waals surface area (Å²) in [6, 6.07) is 9.98. The van der Waals surface area contributed by atoms with Gasteiger partial charge in [-0.15, -0.1) is 0 Å². The van der Waals surface area contributed by atoms with Crippen LogP contribution in [-0.2, 0) is 14.4 Å². The Bertz CT molecular complexity index is 1140. The number of carboxylic acid groups (broad SMARTS) is 1. The molecule has 1 atom stereocenters. The van der Waals surface area contributed by atoms with Gasteiger partial charge in [-0.1, -0.05) is 6.07 Å². The van der Waals surface area contributed by atoms with E-state index in [1.54, 1.807) is 31.2 Å². The number of anilines is 1. The molecule has 0 spiro atoms. The molecule has 178 valence electrons. The molecular formula is C24H24N2O8. The maximum Gasteiger partial charge on any atom is 0.344 e. The number of aliphatic carboxylic acids is 1. The Morgan fingerprint density at radius 2 is 1.71 bits per heavy atom. The molecule has 3 rings (SSSR count). The molecule has 0 aromatic heterocycles. The molecule has 1 aliphatic heterocycles. The van der Waals surface area contributed by atoms with E-state index in [4.69, 9.17) is 19.3 Å². The molecule has 0 aliphatic carbocycles. The van der Waals surface area contributed by atoms with E-state index in [9.17, 15) is 19.2 Å². The number of hydrogen-bond donors (Lipinski definition) is 2. The maximum atomic E-state index is 13.1. The van der Waals surface area contributed by atoms with E-state index in [0.717, 1.165) is 4.90 Å². The molecule has 2 aromatic carbocycles. The number of hydrogen-bond acceptors (Lipinski definition) is 7. The second-order valence-corrected chi connectivity index (χ2v) is 7.12. The summed E-state index contributed by atoms with van der Waals surface area (Å²) in [7, 11) is 0. The van der Waals surface area contributed by atoms with E-state index < -0.39 is 29.9 Å². The summed E-state index contributed by atoms with van der Waals surface area (Å²) >= 11 is 0. The fourth-order valence-electron chi connectivity index (χ4n) is 3.14. The van der Waals surface area contributed by atoms with Crippen LogP contribution in [0.3, 0.4) is 0 Å². The van der Waals surface area contributed by atoms with Crippen LogP contribution in [0.25, 0.3) is 6.08 Å². The normalized spacial score (nSPS) is 15.7. The third-order valence-electron chi connectivity index (χ3n) is 4.74. The number of amides is 4. The van der Waals surface area contributed by atoms with E-state index >= 15 is 0 Å². The number of barbiturate groups is 1. The molecule has 4 amide bonds. The molecular weight excluding hydrogens is 444 g/mol. The van der Waals surface area contributed by atoms with Crippen LogP contribution >= 0.6 is 0 Å². The van der Waals surface area contributed by atoms with E-state index in [2.05, 4.69) is 5.32 Å². The van der Waals surface area contributed by atoms with E-state index in [-0.39, 0.29) is 29.4 Å². The highest BCUT2D eigenvalue weighted by Gasteiger charge is 2.36. The summed E-state index contributed by atoms with van der Waals surface area (Å²) in [6.07, 6.45) is 0.210. The molecule has 0 unspecified atom stereocenters. The summed E-state index contributed by atoms with van der Waals surface area (Å²) in [5.41, 5.74) is 0.424. The average Bonchev–Trinajstić information content (AvgIpc) is 2.79. The van der Waals surface area contributed by atoms with Gasteiger partial charge in [-0.05, 0) is 68.8 Å². The molecule has 1 fully saturated rings. The number of nitrogens with one attached hydrogen (secondary N) is 1. The third-order valence-corrected chi connectivity index (χ3v) is 4.74. The van der Waals surface area contributed by atoms with Gasteiger partial charge >= 0.3 is 12.0 Å². The first-order valence-corrected chi connectivity index (χ1v) is 10.6. The fraction of sp³-hybridized carbons (Fsp3) is 0.250. The number of urea groups is 1. The minimum Gasteiger partial charge on any atom is -0.494 e. The zero-order valence-electron chi connectivity index (χ0n) is 18.9. The van der Waals surface area contributed by atoms with Gasteiger partial charge in [-0.25, -0.2) is 14.5 Å². The molecule has 2 N–H and O–H groups in total. The Hall–Kier alpha value is -4.34. The van der Waals surface area contributed by atoms with Gasteiger partial charge in [0.25, 0.3) is 11.8 Å². The Balaban J connectivity index is 1.93. The van der Waals surface area contributed by atoms with Gasteiger partial charge in [0.1, 0.15) is 11.3 Å². The second kappa shape index (κ2) is 10.5. The van der Waals surface area contributed by atoms with Crippen LogP contribution in [0.4, 0.5) is 10.5 Å². The third kappa shape index (κ3) is 5.34. The highest BCUT2D eigenvalue weighted by Crippen LogP contribution is 2.31. The molecule has 10 heteroatoms. The van der Waals surface area contributed by atoms with Crippen LogP contribution in [0.1, 0.15) is 26.3 Å². The lowest BCUT2D eigenvalue weighted by molar-refractivity contribution is -0.144. The number of nitrogens with zero attached hydrogens (tertiary/aromatic N) is 1. The van der Waals surface area contributed by atoms with Crippen molar-refractivity contribution >= 4 is 35.6 Å². The van der Waals surface area contributed by atoms with Crippen molar-refractivity contribution in [2.75, 3.05) is 18.1 Å². The summed E-state index contributed by atoms with van der Waals surface area (Å²) in [5.74, 6) is -1.76. The van der Waals surface area contributed by atoms with Crippen molar-refractivity contribution in [1.29, 1.82) is 0 Å². The molecule has 1 aliphatic rings. The summed E-state index contributed by atoms with van der Waals surface area (Å²) in [5, 5.41) is 11.2. The van der Waals surface area contributed by atoms with Crippen molar-refractivity contribution in [2.24, 2.45) is 0 Å². The van der Waals surface area contributed by atoms with Crippen molar-refractivity contribution in [3.63, 3.8) is 0 Å². The topological polar surface area (TPSA) is 131 Å². The van der Waals surface area contributed by atoms with Gasteiger partial charge in [-0.3, -0.25) is 14.9 Å². The van der Waals surface area contributed by atoms with Crippen LogP contribution in [0.15, 0.2) is 48.0 Å². The predicted molar refractivity (Wildman–Crippen MR) is 122 cm³/mol. The number of rotatable bonds is 9. The first kappa shape index (κ1) is 24.3. The lowest BCUT2D eigenvalue weighted by Gasteiger charge is -2.26. The number of ether oxygens (including phenoxy) is 3. The van der Waals surface area contributed by atoms with Gasteiger partial charge < -0.3 is 19.3 Å². The van der Waals surface area contributed by atoms with Crippen LogP contribution in [-0.4, -0.2) is 48.2 Å². The number of carbonyl (C=O) groups is 4. The van der Waals surface area contributed by atoms with E-state index in [1.807, 2.05) is 6.92 Å². The smallest absolute Gasteiger partial charge is 0.344 e. The predicted octanol–water partition coefficient (Wildman–Crippen LogP) is 3.00. The highest BCUT2D eigenvalue weighted by atomic mass is 16.5. The van der Waals surface area contributed by atoms with E-state index in [0.29, 0.717) is 17.9 Å². The molecule has 0 saturated carbocycles. The number of benzene rings is 2. The SMILES string of the molecule is CCOc1ccc(N2C(=O)NC(=O)/C(=C\c3ccc(O[C@@H](C)C(=O)O)c(OCC)c3)C2=O)cc1. The Kier molecular flexibility index (Phi) is 7.52. The minimum atomic E-state index is -1.14. The summed E-state index contributed by atoms with van der Waals surface area (Å²) < 4.78 is 16.3. The average molecular weight is 468 g/mol. The lowest BCUT2D eigenvalue weighted by Crippen LogP contribution is -2.54. The van der Waals surface area contributed by atoms with Gasteiger partial charge in [0, 0.05) is 0 Å². The van der Waals surface area contributed by atoms with Crippen LogP contribution < -0.4 is 24.4 Å². The zero-order chi connectivity index (χ0) is 24.8. The molecule has 0 radical (unpaired) electrons. The summed E-state index contributed by atoms with van der Waals surface area (Å²) in [6.45, 7) is 5.70. The molecule has 34 heavy (non-hydrogen) atoms. The largest absolute Gasteiger partial charge is 0.494 e. The Morgan fingerprint density at radius 1 is 1.03 bits per heavy atom. The van der Waals surface area contributed by atoms with Crippen molar-refractivity contribution in [1.82, 2.24) is 5.32 Å². The first-order chi connectivity index (χ1) is 16.2. The van der Waals surface area contributed by atoms with Crippen molar-refractivity contribution in [2.45, 2.75) is 26.9 Å². The fourth-order valence-corrected chi connectivity index (χ4v) is 3.14. The molecule has 1 heterocycles. The Morgan fingerprint density at radius 3 is 2.32 bits per heavy atom. The lowest BCUT2D eigenvalue weighted by atomic mass is 10.1. The highest BCUT2D eigenvalue weighted by molar-refractivity contribution is 6.39. The van der Waals surface area contributed by atoms with Crippen LogP contribution in [0.2, 0.25) is 0 Å². The molecule has 1 saturated heterocycles. The van der Waals surface area contributed by atoms with Gasteiger partial charge in [-0.2, -0.15) is 0 Å². The van der Waals surface area contributed by atoms with Gasteiger partial charge in [0.15, 0.2) is 17.6 Å². The van der Waals surface area contributed by atoms with E-state index in [1.165, 1.54) is 31.2 Å². The van der Waals surface area contributed by atoms with Crippen molar-refractivity contribution in [3.05, 3.63) is 53.6 Å².